The maximum atomic E-state index is 12.6. The Balaban J connectivity index is 2.19. The third-order valence-corrected chi connectivity index (χ3v) is 3.95. The van der Waals surface area contributed by atoms with E-state index in [1.807, 2.05) is 32.0 Å². The molecule has 122 valence electrons. The molecular weight excluding hydrogens is 294 g/mol. The van der Waals surface area contributed by atoms with Crippen LogP contribution < -0.4 is 0 Å². The number of hydrogen-bond donors (Lipinski definition) is 0. The molecule has 0 N–H and O–H groups in total. The summed E-state index contributed by atoms with van der Waals surface area (Å²) < 4.78 is 10.3. The highest BCUT2D eigenvalue weighted by Gasteiger charge is 2.19. The first-order valence-electron chi connectivity index (χ1n) is 7.34. The summed E-state index contributed by atoms with van der Waals surface area (Å²) in [6, 6.07) is 7.28. The fourth-order valence-corrected chi connectivity index (χ4v) is 2.43. The van der Waals surface area contributed by atoms with E-state index >= 15 is 0 Å². The van der Waals surface area contributed by atoms with Crippen LogP contribution in [0.5, 0.6) is 0 Å². The first kappa shape index (κ1) is 16.8. The summed E-state index contributed by atoms with van der Waals surface area (Å²) in [6.07, 6.45) is 0. The molecule has 5 heteroatoms. The van der Waals surface area contributed by atoms with Gasteiger partial charge in [-0.1, -0.05) is 12.1 Å². The Bertz CT molecular complexity index is 745. The number of furan rings is 1. The monoisotopic (exact) mass is 315 g/mol. The second-order valence-electron chi connectivity index (χ2n) is 5.58. The van der Waals surface area contributed by atoms with Crippen molar-refractivity contribution in [2.45, 2.75) is 27.3 Å². The normalized spacial score (nSPS) is 10.5. The number of methoxy groups -OCH3 is 1. The second-order valence-corrected chi connectivity index (χ2v) is 5.58. The van der Waals surface area contributed by atoms with Crippen LogP contribution in [0.1, 0.15) is 43.4 Å². The molecule has 0 atom stereocenters. The average molecular weight is 315 g/mol. The van der Waals surface area contributed by atoms with Gasteiger partial charge in [0.2, 0.25) is 0 Å². The van der Waals surface area contributed by atoms with Crippen LogP contribution in [0.2, 0.25) is 0 Å². The lowest BCUT2D eigenvalue weighted by atomic mass is 10.0. The van der Waals surface area contributed by atoms with Crippen molar-refractivity contribution in [3.8, 4) is 0 Å². The Labute approximate surface area is 135 Å². The lowest BCUT2D eigenvalue weighted by molar-refractivity contribution is 0.0598. The number of carbonyl (C=O) groups is 2. The second kappa shape index (κ2) is 6.69. The van der Waals surface area contributed by atoms with E-state index in [1.165, 1.54) is 7.11 Å². The number of ether oxygens (including phenoxy) is 1. The number of carbonyl (C=O) groups excluding carboxylic acids is 2. The van der Waals surface area contributed by atoms with Gasteiger partial charge in [0.25, 0.3) is 5.91 Å². The van der Waals surface area contributed by atoms with E-state index in [0.717, 1.165) is 11.1 Å². The van der Waals surface area contributed by atoms with E-state index < -0.39 is 5.97 Å². The maximum absolute atomic E-state index is 12.6. The molecule has 5 nitrogen and oxygen atoms in total. The molecule has 0 saturated heterocycles. The zero-order valence-electron chi connectivity index (χ0n) is 14.1. The van der Waals surface area contributed by atoms with Gasteiger partial charge in [-0.15, -0.1) is 0 Å². The van der Waals surface area contributed by atoms with Gasteiger partial charge in [0, 0.05) is 12.6 Å². The molecule has 2 aromatic rings. The van der Waals surface area contributed by atoms with E-state index in [0.29, 0.717) is 22.6 Å². The molecule has 0 aliphatic carbocycles. The summed E-state index contributed by atoms with van der Waals surface area (Å²) >= 11 is 0. The maximum Gasteiger partial charge on any atom is 0.341 e. The van der Waals surface area contributed by atoms with Crippen LogP contribution in [0, 0.1) is 20.8 Å². The van der Waals surface area contributed by atoms with Gasteiger partial charge in [-0.2, -0.15) is 0 Å². The Kier molecular flexibility index (Phi) is 4.89. The number of esters is 1. The number of amides is 1. The SMILES string of the molecule is COC(=O)c1cc(CN(C)C(=O)c2cccc(C)c2C)oc1C. The smallest absolute Gasteiger partial charge is 0.341 e. The van der Waals surface area contributed by atoms with Crippen molar-refractivity contribution in [3.63, 3.8) is 0 Å². The van der Waals surface area contributed by atoms with Crippen molar-refractivity contribution < 1.29 is 18.7 Å². The highest BCUT2D eigenvalue weighted by molar-refractivity contribution is 5.95. The van der Waals surface area contributed by atoms with Gasteiger partial charge in [0.15, 0.2) is 0 Å². The molecule has 1 heterocycles. The van der Waals surface area contributed by atoms with Crippen LogP contribution in [0.4, 0.5) is 0 Å². The van der Waals surface area contributed by atoms with Crippen LogP contribution >= 0.6 is 0 Å². The van der Waals surface area contributed by atoms with E-state index in [4.69, 9.17) is 9.15 Å². The van der Waals surface area contributed by atoms with Crippen LogP contribution in [0.25, 0.3) is 0 Å². The Morgan fingerprint density at radius 1 is 1.17 bits per heavy atom. The van der Waals surface area contributed by atoms with Gasteiger partial charge in [0.05, 0.1) is 13.7 Å². The van der Waals surface area contributed by atoms with Crippen molar-refractivity contribution in [1.29, 1.82) is 0 Å². The molecule has 0 spiro atoms. The number of nitrogens with zero attached hydrogens (tertiary/aromatic N) is 1. The molecule has 0 radical (unpaired) electrons. The van der Waals surface area contributed by atoms with Crippen molar-refractivity contribution in [1.82, 2.24) is 4.90 Å². The molecule has 1 aromatic carbocycles. The highest BCUT2D eigenvalue weighted by Crippen LogP contribution is 2.19. The Morgan fingerprint density at radius 3 is 2.52 bits per heavy atom. The predicted molar refractivity (Wildman–Crippen MR) is 86.5 cm³/mol. The summed E-state index contributed by atoms with van der Waals surface area (Å²) in [6.45, 7) is 5.89. The van der Waals surface area contributed by atoms with Crippen LogP contribution in [0.15, 0.2) is 28.7 Å². The summed E-state index contributed by atoms with van der Waals surface area (Å²) in [4.78, 5) is 25.8. The summed E-state index contributed by atoms with van der Waals surface area (Å²) in [5.41, 5.74) is 3.10. The zero-order valence-corrected chi connectivity index (χ0v) is 14.1. The van der Waals surface area contributed by atoms with Gasteiger partial charge in [-0.05, 0) is 44.0 Å². The van der Waals surface area contributed by atoms with E-state index in [1.54, 1.807) is 24.9 Å². The lowest BCUT2D eigenvalue weighted by Crippen LogP contribution is -2.26. The fourth-order valence-electron chi connectivity index (χ4n) is 2.43. The third kappa shape index (κ3) is 3.44. The van der Waals surface area contributed by atoms with Crippen LogP contribution in [-0.4, -0.2) is 30.9 Å². The number of rotatable bonds is 4. The first-order valence-corrected chi connectivity index (χ1v) is 7.34. The average Bonchev–Trinajstić information content (AvgIpc) is 2.89. The standard InChI is InChI=1S/C18H21NO4/c1-11-7-6-8-15(12(11)2)17(20)19(4)10-14-9-16(13(3)23-14)18(21)22-5/h6-9H,10H2,1-5H3. The van der Waals surface area contributed by atoms with E-state index in [-0.39, 0.29) is 12.5 Å². The topological polar surface area (TPSA) is 59.8 Å². The molecule has 0 bridgehead atoms. The number of aryl methyl sites for hydroxylation is 2. The van der Waals surface area contributed by atoms with Gasteiger partial charge in [-0.25, -0.2) is 4.79 Å². The molecule has 0 aliphatic rings. The molecule has 1 amide bonds. The Morgan fingerprint density at radius 2 is 1.87 bits per heavy atom. The summed E-state index contributed by atoms with van der Waals surface area (Å²) in [5.74, 6) is 0.504. The summed E-state index contributed by atoms with van der Waals surface area (Å²) in [5, 5.41) is 0. The number of hydrogen-bond acceptors (Lipinski definition) is 4. The molecule has 0 fully saturated rings. The lowest BCUT2D eigenvalue weighted by Gasteiger charge is -2.17. The predicted octanol–water partition coefficient (Wildman–Crippen LogP) is 3.26. The third-order valence-electron chi connectivity index (χ3n) is 3.95. The van der Waals surface area contributed by atoms with Gasteiger partial charge in [-0.3, -0.25) is 4.79 Å². The van der Waals surface area contributed by atoms with E-state index in [9.17, 15) is 9.59 Å². The zero-order chi connectivity index (χ0) is 17.1. The van der Waals surface area contributed by atoms with Gasteiger partial charge in [0.1, 0.15) is 17.1 Å². The molecule has 2 rings (SSSR count). The largest absolute Gasteiger partial charge is 0.465 e. The van der Waals surface area contributed by atoms with E-state index in [2.05, 4.69) is 0 Å². The molecule has 1 aromatic heterocycles. The highest BCUT2D eigenvalue weighted by atomic mass is 16.5. The molecule has 0 unspecified atom stereocenters. The van der Waals surface area contributed by atoms with Crippen molar-refractivity contribution >= 4 is 11.9 Å². The Hall–Kier alpha value is -2.56. The molecule has 23 heavy (non-hydrogen) atoms. The fraction of sp³-hybridized carbons (Fsp3) is 0.333. The van der Waals surface area contributed by atoms with Crippen molar-refractivity contribution in [3.05, 3.63) is 58.0 Å². The summed E-state index contributed by atoms with van der Waals surface area (Å²) in [7, 11) is 3.03. The molecule has 0 saturated carbocycles. The van der Waals surface area contributed by atoms with Crippen molar-refractivity contribution in [2.24, 2.45) is 0 Å². The number of benzene rings is 1. The molecular formula is C18H21NO4. The van der Waals surface area contributed by atoms with Gasteiger partial charge < -0.3 is 14.1 Å². The van der Waals surface area contributed by atoms with Crippen molar-refractivity contribution in [2.75, 3.05) is 14.2 Å². The van der Waals surface area contributed by atoms with Crippen LogP contribution in [0.3, 0.4) is 0 Å². The minimum atomic E-state index is -0.444. The minimum Gasteiger partial charge on any atom is -0.465 e. The van der Waals surface area contributed by atoms with Crippen LogP contribution in [-0.2, 0) is 11.3 Å². The first-order chi connectivity index (χ1) is 10.8. The van der Waals surface area contributed by atoms with Gasteiger partial charge >= 0.3 is 5.97 Å². The minimum absolute atomic E-state index is 0.0835. The quantitative estimate of drug-likeness (QED) is 0.813. The molecule has 0 aliphatic heterocycles.